The van der Waals surface area contributed by atoms with E-state index in [1.165, 1.54) is 49.3 Å². The minimum atomic E-state index is -0.508. The van der Waals surface area contributed by atoms with E-state index >= 15 is 0 Å². The van der Waals surface area contributed by atoms with Gasteiger partial charge in [0, 0.05) is 17.9 Å². The van der Waals surface area contributed by atoms with Crippen molar-refractivity contribution in [2.24, 2.45) is 11.1 Å². The molecule has 4 nitrogen and oxygen atoms in total. The van der Waals surface area contributed by atoms with E-state index in [-0.39, 0.29) is 11.2 Å². The topological polar surface area (TPSA) is 55.7 Å². The van der Waals surface area contributed by atoms with Gasteiger partial charge in [-0.1, -0.05) is 81.1 Å². The van der Waals surface area contributed by atoms with Gasteiger partial charge in [0.2, 0.25) is 5.78 Å². The molecule has 2 aliphatic rings. The highest BCUT2D eigenvalue weighted by atomic mass is 16.7. The van der Waals surface area contributed by atoms with E-state index < -0.39 is 5.97 Å². The largest absolute Gasteiger partial charge is 0.331 e. The lowest BCUT2D eigenvalue weighted by Crippen LogP contribution is -2.19. The second-order valence-corrected chi connectivity index (χ2v) is 9.07. The quantitative estimate of drug-likeness (QED) is 0.255. The summed E-state index contributed by atoms with van der Waals surface area (Å²) in [7, 11) is 0. The van der Waals surface area contributed by atoms with Crippen LogP contribution in [0, 0.1) is 5.92 Å². The van der Waals surface area contributed by atoms with Gasteiger partial charge in [0.15, 0.2) is 0 Å². The first kappa shape index (κ1) is 20.5. The molecule has 0 bridgehead atoms. The molecule has 4 heteroatoms. The number of hydrogen-bond acceptors (Lipinski definition) is 4. The molecule has 0 aromatic heterocycles. The zero-order valence-corrected chi connectivity index (χ0v) is 18.0. The van der Waals surface area contributed by atoms with Crippen molar-refractivity contribution in [2.75, 3.05) is 0 Å². The second-order valence-electron chi connectivity index (χ2n) is 9.07. The third-order valence-corrected chi connectivity index (χ3v) is 6.66. The van der Waals surface area contributed by atoms with E-state index in [9.17, 15) is 9.59 Å². The maximum absolute atomic E-state index is 13.3. The molecule has 30 heavy (non-hydrogen) atoms. The summed E-state index contributed by atoms with van der Waals surface area (Å²) in [4.78, 5) is 29.5. The highest BCUT2D eigenvalue weighted by Crippen LogP contribution is 2.48. The Morgan fingerprint density at radius 3 is 2.47 bits per heavy atom. The van der Waals surface area contributed by atoms with Crippen molar-refractivity contribution in [1.82, 2.24) is 0 Å². The number of benzene rings is 2. The molecule has 0 radical (unpaired) electrons. The molecule has 2 aromatic rings. The number of carbonyl (C=O) groups excluding carboxylic acids is 2. The maximum Gasteiger partial charge on any atom is 0.331 e. The minimum absolute atomic E-state index is 0.149. The monoisotopic (exact) mass is 403 g/mol. The van der Waals surface area contributed by atoms with Crippen LogP contribution in [0.3, 0.4) is 0 Å². The van der Waals surface area contributed by atoms with E-state index in [0.29, 0.717) is 23.6 Å². The third-order valence-electron chi connectivity index (χ3n) is 6.66. The number of ketones is 1. The molecule has 0 atom stereocenters. The van der Waals surface area contributed by atoms with Crippen LogP contribution in [0.2, 0.25) is 0 Å². The average molecular weight is 404 g/mol. The van der Waals surface area contributed by atoms with Gasteiger partial charge in [0.25, 0.3) is 0 Å². The molecule has 2 aromatic carbocycles. The van der Waals surface area contributed by atoms with Crippen molar-refractivity contribution < 1.29 is 14.4 Å². The fourth-order valence-corrected chi connectivity index (χ4v) is 4.97. The average Bonchev–Trinajstić information content (AvgIpc) is 3.33. The molecule has 2 aliphatic carbocycles. The third kappa shape index (κ3) is 3.83. The van der Waals surface area contributed by atoms with E-state index in [1.54, 1.807) is 0 Å². The summed E-state index contributed by atoms with van der Waals surface area (Å²) in [5, 5.41) is 3.95. The first-order chi connectivity index (χ1) is 14.4. The summed E-state index contributed by atoms with van der Waals surface area (Å²) in [6.07, 6.45) is 6.39. The van der Waals surface area contributed by atoms with Crippen molar-refractivity contribution >= 4 is 17.5 Å². The van der Waals surface area contributed by atoms with Crippen molar-refractivity contribution in [3.8, 4) is 11.1 Å². The molecule has 0 aliphatic heterocycles. The maximum atomic E-state index is 13.3. The van der Waals surface area contributed by atoms with Gasteiger partial charge in [-0.25, -0.2) is 4.79 Å². The zero-order valence-electron chi connectivity index (χ0n) is 18.0. The standard InChI is InChI=1S/C26H29NO3/c1-17(28)30-27-24(15-12-18-8-4-5-9-18)25(29)19-13-14-21-20-10-6-7-11-22(20)26(2,3)23(21)16-19/h6-7,10-11,13-14,16,18H,4-5,8-9,12,15H2,1-3H3/b27-24+. The highest BCUT2D eigenvalue weighted by molar-refractivity contribution is 6.46. The lowest BCUT2D eigenvalue weighted by molar-refractivity contribution is -0.140. The SMILES string of the molecule is CC(=O)O/N=C(\CCC1CCCC1)C(=O)c1ccc2c(c1)C(C)(C)c1ccccc1-2. The Bertz CT molecular complexity index is 1010. The van der Waals surface area contributed by atoms with Crippen LogP contribution in [0.25, 0.3) is 11.1 Å². The van der Waals surface area contributed by atoms with Gasteiger partial charge >= 0.3 is 5.97 Å². The Morgan fingerprint density at radius 1 is 1.03 bits per heavy atom. The van der Waals surface area contributed by atoms with Gasteiger partial charge < -0.3 is 4.84 Å². The number of fused-ring (bicyclic) bond motifs is 3. The fraction of sp³-hybridized carbons (Fsp3) is 0.423. The molecule has 0 saturated heterocycles. The molecular weight excluding hydrogens is 374 g/mol. The summed E-state index contributed by atoms with van der Waals surface area (Å²) in [6.45, 7) is 5.69. The summed E-state index contributed by atoms with van der Waals surface area (Å²) in [5.41, 5.74) is 5.61. The van der Waals surface area contributed by atoms with Crippen LogP contribution in [0.4, 0.5) is 0 Å². The summed E-state index contributed by atoms with van der Waals surface area (Å²) >= 11 is 0. The normalized spacial score (nSPS) is 17.5. The Morgan fingerprint density at radius 2 is 1.73 bits per heavy atom. The molecule has 1 saturated carbocycles. The fourth-order valence-electron chi connectivity index (χ4n) is 4.97. The Hall–Kier alpha value is -2.75. The number of Topliss-reactive ketones (excluding diaryl/α,β-unsaturated/α-hetero) is 1. The van der Waals surface area contributed by atoms with Crippen molar-refractivity contribution in [3.63, 3.8) is 0 Å². The van der Waals surface area contributed by atoms with Gasteiger partial charge in [0.1, 0.15) is 5.71 Å². The summed E-state index contributed by atoms with van der Waals surface area (Å²) < 4.78 is 0. The van der Waals surface area contributed by atoms with Gasteiger partial charge in [-0.15, -0.1) is 0 Å². The van der Waals surface area contributed by atoms with E-state index in [1.807, 2.05) is 18.2 Å². The molecule has 0 amide bonds. The zero-order chi connectivity index (χ0) is 21.3. The molecular formula is C26H29NO3. The smallest absolute Gasteiger partial charge is 0.318 e. The molecule has 0 N–H and O–H groups in total. The van der Waals surface area contributed by atoms with Crippen molar-refractivity contribution in [3.05, 3.63) is 59.2 Å². The van der Waals surface area contributed by atoms with E-state index in [0.717, 1.165) is 12.0 Å². The number of hydrogen-bond donors (Lipinski definition) is 0. The number of nitrogens with zero attached hydrogens (tertiary/aromatic N) is 1. The lowest BCUT2D eigenvalue weighted by Gasteiger charge is -2.21. The summed E-state index contributed by atoms with van der Waals surface area (Å²) in [5.74, 6) is -0.0238. The predicted octanol–water partition coefficient (Wildman–Crippen LogP) is 6.07. The van der Waals surface area contributed by atoms with Gasteiger partial charge in [0.05, 0.1) is 0 Å². The van der Waals surface area contributed by atoms with Gasteiger partial charge in [-0.05, 0) is 47.1 Å². The van der Waals surface area contributed by atoms with Crippen LogP contribution < -0.4 is 0 Å². The molecule has 1 fully saturated rings. The van der Waals surface area contributed by atoms with Gasteiger partial charge in [-0.3, -0.25) is 4.79 Å². The van der Waals surface area contributed by atoms with Crippen LogP contribution in [0.1, 0.15) is 80.8 Å². The first-order valence-electron chi connectivity index (χ1n) is 10.9. The number of carbonyl (C=O) groups is 2. The molecule has 0 heterocycles. The van der Waals surface area contributed by atoms with Crippen LogP contribution in [0.5, 0.6) is 0 Å². The Balaban J connectivity index is 1.63. The lowest BCUT2D eigenvalue weighted by atomic mass is 9.81. The van der Waals surface area contributed by atoms with E-state index in [4.69, 9.17) is 4.84 Å². The minimum Gasteiger partial charge on any atom is -0.318 e. The second kappa shape index (κ2) is 8.17. The molecule has 0 spiro atoms. The van der Waals surface area contributed by atoms with Crippen molar-refractivity contribution in [1.29, 1.82) is 0 Å². The Labute approximate surface area is 178 Å². The predicted molar refractivity (Wildman–Crippen MR) is 119 cm³/mol. The molecule has 4 rings (SSSR count). The molecule has 0 unspecified atom stereocenters. The van der Waals surface area contributed by atoms with E-state index in [2.05, 4.69) is 43.3 Å². The Kier molecular flexibility index (Phi) is 5.59. The molecule has 156 valence electrons. The van der Waals surface area contributed by atoms with Crippen LogP contribution >= 0.6 is 0 Å². The van der Waals surface area contributed by atoms with Crippen molar-refractivity contribution in [2.45, 2.75) is 64.7 Å². The van der Waals surface area contributed by atoms with Crippen LogP contribution in [-0.2, 0) is 15.0 Å². The van der Waals surface area contributed by atoms with Crippen LogP contribution in [0.15, 0.2) is 47.6 Å². The number of rotatable bonds is 6. The first-order valence-corrected chi connectivity index (χ1v) is 10.9. The van der Waals surface area contributed by atoms with Crippen LogP contribution in [-0.4, -0.2) is 17.5 Å². The number of oxime groups is 1. The highest BCUT2D eigenvalue weighted by Gasteiger charge is 2.35. The van der Waals surface area contributed by atoms with Gasteiger partial charge in [-0.2, -0.15) is 0 Å². The summed E-state index contributed by atoms with van der Waals surface area (Å²) in [6, 6.07) is 14.3.